The molecule has 0 radical (unpaired) electrons. The Balaban J connectivity index is 2.17. The number of halogens is 1. The van der Waals surface area contributed by atoms with Crippen molar-refractivity contribution in [3.8, 4) is 11.5 Å². The first kappa shape index (κ1) is 23.2. The van der Waals surface area contributed by atoms with E-state index in [2.05, 4.69) is 5.32 Å². The lowest BCUT2D eigenvalue weighted by Gasteiger charge is -2.30. The van der Waals surface area contributed by atoms with Gasteiger partial charge in [0.05, 0.1) is 7.11 Å². The Morgan fingerprint density at radius 1 is 1.03 bits per heavy atom. The molecular formula is C23H29FN2O4. The number of carbonyl (C=O) groups excluding carboxylic acids is 2. The molecule has 0 heterocycles. The summed E-state index contributed by atoms with van der Waals surface area (Å²) in [5.74, 6) is 0.201. The fraction of sp³-hybridized carbons (Fsp3) is 0.391. The van der Waals surface area contributed by atoms with E-state index in [1.165, 1.54) is 29.2 Å². The lowest BCUT2D eigenvalue weighted by Crippen LogP contribution is -2.50. The SMILES string of the molecule is CCCNC(=O)[C@@H](CC)N(Cc1ccc(OC)cc1)C(=O)COc1ccc(F)cc1. The summed E-state index contributed by atoms with van der Waals surface area (Å²) in [6, 6.07) is 12.2. The number of ether oxygens (including phenoxy) is 2. The van der Waals surface area contributed by atoms with Gasteiger partial charge in [-0.05, 0) is 54.8 Å². The van der Waals surface area contributed by atoms with Crippen molar-refractivity contribution >= 4 is 11.8 Å². The van der Waals surface area contributed by atoms with E-state index in [4.69, 9.17) is 9.47 Å². The Hall–Kier alpha value is -3.09. The van der Waals surface area contributed by atoms with Gasteiger partial charge in [-0.25, -0.2) is 4.39 Å². The summed E-state index contributed by atoms with van der Waals surface area (Å²) < 4.78 is 23.8. The third-order valence-electron chi connectivity index (χ3n) is 4.62. The van der Waals surface area contributed by atoms with Crippen LogP contribution in [-0.4, -0.2) is 43.0 Å². The Morgan fingerprint density at radius 3 is 2.23 bits per heavy atom. The van der Waals surface area contributed by atoms with Crippen molar-refractivity contribution in [2.24, 2.45) is 0 Å². The smallest absolute Gasteiger partial charge is 0.261 e. The minimum Gasteiger partial charge on any atom is -0.497 e. The average Bonchev–Trinajstić information content (AvgIpc) is 2.77. The molecule has 0 fully saturated rings. The first-order chi connectivity index (χ1) is 14.5. The van der Waals surface area contributed by atoms with Crippen molar-refractivity contribution < 1.29 is 23.5 Å². The van der Waals surface area contributed by atoms with Gasteiger partial charge in [0.2, 0.25) is 5.91 Å². The summed E-state index contributed by atoms with van der Waals surface area (Å²) in [7, 11) is 1.59. The maximum absolute atomic E-state index is 13.1. The Bertz CT molecular complexity index is 809. The number of rotatable bonds is 11. The zero-order valence-electron chi connectivity index (χ0n) is 17.7. The van der Waals surface area contributed by atoms with Gasteiger partial charge >= 0.3 is 0 Å². The van der Waals surface area contributed by atoms with Crippen LogP contribution in [0.3, 0.4) is 0 Å². The summed E-state index contributed by atoms with van der Waals surface area (Å²) in [6.07, 6.45) is 1.27. The number of methoxy groups -OCH3 is 1. The predicted molar refractivity (Wildman–Crippen MR) is 113 cm³/mol. The molecule has 0 aliphatic rings. The van der Waals surface area contributed by atoms with E-state index >= 15 is 0 Å². The van der Waals surface area contributed by atoms with E-state index in [-0.39, 0.29) is 30.8 Å². The molecule has 1 atom stereocenters. The minimum atomic E-state index is -0.622. The largest absolute Gasteiger partial charge is 0.497 e. The zero-order chi connectivity index (χ0) is 21.9. The first-order valence-corrected chi connectivity index (χ1v) is 10.1. The molecule has 0 spiro atoms. The molecule has 0 saturated heterocycles. The monoisotopic (exact) mass is 416 g/mol. The number of benzene rings is 2. The zero-order valence-corrected chi connectivity index (χ0v) is 17.7. The van der Waals surface area contributed by atoms with Gasteiger partial charge in [0.1, 0.15) is 23.4 Å². The molecule has 6 nitrogen and oxygen atoms in total. The lowest BCUT2D eigenvalue weighted by molar-refractivity contribution is -0.143. The van der Waals surface area contributed by atoms with Crippen LogP contribution in [-0.2, 0) is 16.1 Å². The molecule has 1 N–H and O–H groups in total. The van der Waals surface area contributed by atoms with Crippen molar-refractivity contribution in [2.45, 2.75) is 39.3 Å². The van der Waals surface area contributed by atoms with E-state index in [1.54, 1.807) is 7.11 Å². The van der Waals surface area contributed by atoms with Crippen molar-refractivity contribution in [1.82, 2.24) is 10.2 Å². The summed E-state index contributed by atoms with van der Waals surface area (Å²) in [5, 5.41) is 2.87. The van der Waals surface area contributed by atoms with E-state index in [0.717, 1.165) is 12.0 Å². The molecule has 0 bridgehead atoms. The number of carbonyl (C=O) groups is 2. The summed E-state index contributed by atoms with van der Waals surface area (Å²) in [5.41, 5.74) is 0.868. The van der Waals surface area contributed by atoms with Gasteiger partial charge in [0, 0.05) is 13.1 Å². The third kappa shape index (κ3) is 6.76. The van der Waals surface area contributed by atoms with Crippen LogP contribution in [0.25, 0.3) is 0 Å². The number of amides is 2. The minimum absolute atomic E-state index is 0.192. The molecule has 2 rings (SSSR count). The maximum atomic E-state index is 13.1. The van der Waals surface area contributed by atoms with Gasteiger partial charge in [0.15, 0.2) is 6.61 Å². The van der Waals surface area contributed by atoms with E-state index in [0.29, 0.717) is 24.5 Å². The third-order valence-corrected chi connectivity index (χ3v) is 4.62. The molecule has 2 amide bonds. The highest BCUT2D eigenvalue weighted by atomic mass is 19.1. The molecule has 0 aliphatic heterocycles. The molecule has 0 aromatic heterocycles. The molecule has 7 heteroatoms. The molecule has 0 saturated carbocycles. The molecule has 0 unspecified atom stereocenters. The van der Waals surface area contributed by atoms with E-state index < -0.39 is 6.04 Å². The number of hydrogen-bond donors (Lipinski definition) is 1. The second-order valence-electron chi connectivity index (χ2n) is 6.83. The van der Waals surface area contributed by atoms with Gasteiger partial charge < -0.3 is 19.7 Å². The van der Waals surface area contributed by atoms with Crippen molar-refractivity contribution in [1.29, 1.82) is 0 Å². The standard InChI is InChI=1S/C23H29FN2O4/c1-4-14-25-23(28)21(5-2)26(15-17-6-10-19(29-3)11-7-17)22(27)16-30-20-12-8-18(24)9-13-20/h6-13,21H,4-5,14-16H2,1-3H3,(H,25,28)/t21-/m1/s1. The normalized spacial score (nSPS) is 11.5. The quantitative estimate of drug-likeness (QED) is 0.608. The van der Waals surface area contributed by atoms with Crippen LogP contribution in [0.2, 0.25) is 0 Å². The fourth-order valence-corrected chi connectivity index (χ4v) is 2.97. The van der Waals surface area contributed by atoms with Gasteiger partial charge in [0.25, 0.3) is 5.91 Å². The Morgan fingerprint density at radius 2 is 1.67 bits per heavy atom. The second kappa shape index (κ2) is 11.8. The topological polar surface area (TPSA) is 67.9 Å². The first-order valence-electron chi connectivity index (χ1n) is 10.1. The average molecular weight is 416 g/mol. The van der Waals surface area contributed by atoms with Crippen molar-refractivity contribution in [2.75, 3.05) is 20.3 Å². The summed E-state index contributed by atoms with van der Waals surface area (Å²) >= 11 is 0. The Labute approximate surface area is 177 Å². The van der Waals surface area contributed by atoms with Crippen LogP contribution >= 0.6 is 0 Å². The highest BCUT2D eigenvalue weighted by molar-refractivity contribution is 5.88. The van der Waals surface area contributed by atoms with Gasteiger partial charge in [-0.2, -0.15) is 0 Å². The predicted octanol–water partition coefficient (Wildman–Crippen LogP) is 3.55. The molecule has 2 aromatic carbocycles. The lowest BCUT2D eigenvalue weighted by atomic mass is 10.1. The van der Waals surface area contributed by atoms with Crippen LogP contribution in [0, 0.1) is 5.82 Å². The summed E-state index contributed by atoms with van der Waals surface area (Å²) in [6.45, 7) is 4.39. The van der Waals surface area contributed by atoms with Crippen molar-refractivity contribution in [3.63, 3.8) is 0 Å². The van der Waals surface area contributed by atoms with Crippen LogP contribution in [0.4, 0.5) is 4.39 Å². The van der Waals surface area contributed by atoms with E-state index in [1.807, 2.05) is 38.1 Å². The summed E-state index contributed by atoms with van der Waals surface area (Å²) in [4.78, 5) is 27.2. The second-order valence-corrected chi connectivity index (χ2v) is 6.83. The molecular weight excluding hydrogens is 387 g/mol. The van der Waals surface area contributed by atoms with Gasteiger partial charge in [-0.15, -0.1) is 0 Å². The fourth-order valence-electron chi connectivity index (χ4n) is 2.97. The molecule has 0 aliphatic carbocycles. The van der Waals surface area contributed by atoms with Gasteiger partial charge in [-0.1, -0.05) is 26.0 Å². The van der Waals surface area contributed by atoms with Crippen LogP contribution in [0.1, 0.15) is 32.3 Å². The Kier molecular flexibility index (Phi) is 9.12. The van der Waals surface area contributed by atoms with Crippen molar-refractivity contribution in [3.05, 3.63) is 59.9 Å². The molecule has 30 heavy (non-hydrogen) atoms. The molecule has 2 aromatic rings. The van der Waals surface area contributed by atoms with Crippen LogP contribution in [0.5, 0.6) is 11.5 Å². The number of hydrogen-bond acceptors (Lipinski definition) is 4. The van der Waals surface area contributed by atoms with Crippen LogP contribution < -0.4 is 14.8 Å². The highest BCUT2D eigenvalue weighted by Crippen LogP contribution is 2.17. The van der Waals surface area contributed by atoms with E-state index in [9.17, 15) is 14.0 Å². The number of nitrogens with zero attached hydrogens (tertiary/aromatic N) is 1. The van der Waals surface area contributed by atoms with Crippen LogP contribution in [0.15, 0.2) is 48.5 Å². The highest BCUT2D eigenvalue weighted by Gasteiger charge is 2.28. The number of nitrogens with one attached hydrogen (secondary N) is 1. The maximum Gasteiger partial charge on any atom is 0.261 e. The van der Waals surface area contributed by atoms with Gasteiger partial charge in [-0.3, -0.25) is 9.59 Å². The molecule has 162 valence electrons.